The third-order valence-electron chi connectivity index (χ3n) is 1.73. The third-order valence-corrected chi connectivity index (χ3v) is 2.22. The first-order valence-electron chi connectivity index (χ1n) is 4.50. The van der Waals surface area contributed by atoms with Gasteiger partial charge in [0.15, 0.2) is 0 Å². The maximum Gasteiger partial charge on any atom is 0.138 e. The highest BCUT2D eigenvalue weighted by Gasteiger charge is 2.02. The molecule has 0 aliphatic rings. The highest BCUT2D eigenvalue weighted by Crippen LogP contribution is 2.23. The van der Waals surface area contributed by atoms with Gasteiger partial charge in [0.1, 0.15) is 11.8 Å². The van der Waals surface area contributed by atoms with Gasteiger partial charge in [0.25, 0.3) is 0 Å². The highest BCUT2D eigenvalue weighted by molar-refractivity contribution is 9.10. The largest absolute Gasteiger partial charge is 0.491 e. The van der Waals surface area contributed by atoms with Crippen LogP contribution in [0.15, 0.2) is 22.7 Å². The molecule has 0 aliphatic heterocycles. The Kier molecular flexibility index (Phi) is 4.74. The van der Waals surface area contributed by atoms with Crippen LogP contribution in [0.2, 0.25) is 0 Å². The van der Waals surface area contributed by atoms with Crippen LogP contribution >= 0.6 is 15.9 Å². The fraction of sp³-hybridized carbons (Fsp3) is 0.250. The van der Waals surface area contributed by atoms with Crippen LogP contribution in [0.5, 0.6) is 5.75 Å². The summed E-state index contributed by atoms with van der Waals surface area (Å²) in [4.78, 5) is 0. The Labute approximate surface area is 98.0 Å². The van der Waals surface area contributed by atoms with Gasteiger partial charge in [-0.25, -0.2) is 0 Å². The van der Waals surface area contributed by atoms with Crippen LogP contribution < -0.4 is 4.74 Å². The highest BCUT2D eigenvalue weighted by atomic mass is 79.9. The van der Waals surface area contributed by atoms with Gasteiger partial charge < -0.3 is 4.74 Å². The first-order chi connectivity index (χ1) is 7.27. The summed E-state index contributed by atoms with van der Waals surface area (Å²) in [5.74, 6) is 6.29. The molecule has 15 heavy (non-hydrogen) atoms. The van der Waals surface area contributed by atoms with Gasteiger partial charge in [0.2, 0.25) is 0 Å². The van der Waals surface area contributed by atoms with E-state index in [9.17, 15) is 0 Å². The Bertz CT molecular complexity index is 437. The number of halogens is 1. The van der Waals surface area contributed by atoms with Crippen LogP contribution in [0, 0.1) is 23.2 Å². The van der Waals surface area contributed by atoms with E-state index in [0.29, 0.717) is 24.3 Å². The fourth-order valence-electron chi connectivity index (χ4n) is 1.04. The molecule has 3 heteroatoms. The van der Waals surface area contributed by atoms with E-state index in [2.05, 4.69) is 33.8 Å². The average molecular weight is 264 g/mol. The topological polar surface area (TPSA) is 33.0 Å². The first kappa shape index (κ1) is 11.6. The summed E-state index contributed by atoms with van der Waals surface area (Å²) in [6.45, 7) is 2.30. The fourth-order valence-corrected chi connectivity index (χ4v) is 1.39. The molecule has 0 fully saturated rings. The predicted octanol–water partition coefficient (Wildman–Crippen LogP) is 3.11. The second-order valence-electron chi connectivity index (χ2n) is 2.78. The lowest BCUT2D eigenvalue weighted by Crippen LogP contribution is -1.97. The van der Waals surface area contributed by atoms with E-state index in [0.717, 1.165) is 4.47 Å². The van der Waals surface area contributed by atoms with Crippen molar-refractivity contribution in [3.63, 3.8) is 0 Å². The zero-order chi connectivity index (χ0) is 11.1. The summed E-state index contributed by atoms with van der Waals surface area (Å²) in [6.07, 6.45) is 0.674. The summed E-state index contributed by atoms with van der Waals surface area (Å²) < 4.78 is 6.36. The smallest absolute Gasteiger partial charge is 0.138 e. The lowest BCUT2D eigenvalue weighted by molar-refractivity contribution is 0.326. The quantitative estimate of drug-likeness (QED) is 0.620. The zero-order valence-corrected chi connectivity index (χ0v) is 9.97. The van der Waals surface area contributed by atoms with Crippen LogP contribution in [-0.2, 0) is 0 Å². The Balaban J connectivity index is 2.69. The zero-order valence-electron chi connectivity index (χ0n) is 8.38. The Morgan fingerprint density at radius 1 is 1.47 bits per heavy atom. The van der Waals surface area contributed by atoms with E-state index >= 15 is 0 Å². The number of hydrogen-bond acceptors (Lipinski definition) is 2. The molecule has 0 bridgehead atoms. The van der Waals surface area contributed by atoms with Gasteiger partial charge in [-0.15, -0.1) is 11.8 Å². The molecule has 0 N–H and O–H groups in total. The minimum atomic E-state index is 0.506. The van der Waals surface area contributed by atoms with Gasteiger partial charge in [0, 0.05) is 10.9 Å². The molecule has 0 aliphatic carbocycles. The van der Waals surface area contributed by atoms with Crippen LogP contribution in [0.25, 0.3) is 0 Å². The molecule has 0 heterocycles. The van der Waals surface area contributed by atoms with Crippen molar-refractivity contribution in [3.8, 4) is 23.7 Å². The van der Waals surface area contributed by atoms with Crippen LogP contribution in [0.4, 0.5) is 0 Å². The summed E-state index contributed by atoms with van der Waals surface area (Å²) >= 11 is 3.33. The van der Waals surface area contributed by atoms with Gasteiger partial charge in [0.05, 0.1) is 12.2 Å². The minimum Gasteiger partial charge on any atom is -0.491 e. The van der Waals surface area contributed by atoms with Crippen molar-refractivity contribution < 1.29 is 4.74 Å². The number of nitriles is 1. The Morgan fingerprint density at radius 2 is 2.27 bits per heavy atom. The van der Waals surface area contributed by atoms with Gasteiger partial charge in [-0.1, -0.05) is 15.9 Å². The van der Waals surface area contributed by atoms with Crippen molar-refractivity contribution in [2.45, 2.75) is 13.3 Å². The van der Waals surface area contributed by atoms with Crippen LogP contribution in [0.3, 0.4) is 0 Å². The SMILES string of the molecule is CC#CCCOc1cc(Br)ccc1C#N. The number of nitrogens with zero attached hydrogens (tertiary/aromatic N) is 1. The van der Waals surface area contributed by atoms with Crippen molar-refractivity contribution in [2.75, 3.05) is 6.61 Å². The molecule has 0 radical (unpaired) electrons. The number of hydrogen-bond donors (Lipinski definition) is 0. The van der Waals surface area contributed by atoms with E-state index in [-0.39, 0.29) is 0 Å². The molecule has 76 valence electrons. The van der Waals surface area contributed by atoms with Crippen molar-refractivity contribution in [3.05, 3.63) is 28.2 Å². The second-order valence-corrected chi connectivity index (χ2v) is 3.69. The van der Waals surface area contributed by atoms with Crippen molar-refractivity contribution in [1.82, 2.24) is 0 Å². The van der Waals surface area contributed by atoms with E-state index in [1.807, 2.05) is 6.07 Å². The summed E-state index contributed by atoms with van der Waals surface area (Å²) in [5.41, 5.74) is 0.544. The molecule has 0 unspecified atom stereocenters. The first-order valence-corrected chi connectivity index (χ1v) is 5.29. The monoisotopic (exact) mass is 263 g/mol. The standard InChI is InChI=1S/C12H10BrNO/c1-2-3-4-7-15-12-8-11(13)6-5-10(12)9-14/h5-6,8H,4,7H2,1H3. The molecule has 2 nitrogen and oxygen atoms in total. The summed E-state index contributed by atoms with van der Waals surface area (Å²) in [5, 5.41) is 8.84. The van der Waals surface area contributed by atoms with Gasteiger partial charge in [-0.05, 0) is 25.1 Å². The van der Waals surface area contributed by atoms with Crippen molar-refractivity contribution in [1.29, 1.82) is 5.26 Å². The summed E-state index contributed by atoms with van der Waals surface area (Å²) in [6, 6.07) is 7.42. The molecule has 0 spiro atoms. The molecule has 0 saturated carbocycles. The Morgan fingerprint density at radius 3 is 2.93 bits per heavy atom. The minimum absolute atomic E-state index is 0.506. The molecule has 0 amide bonds. The lowest BCUT2D eigenvalue weighted by atomic mass is 10.2. The predicted molar refractivity (Wildman–Crippen MR) is 62.4 cm³/mol. The van der Waals surface area contributed by atoms with Crippen molar-refractivity contribution in [2.24, 2.45) is 0 Å². The molecular formula is C12H10BrNO. The maximum absolute atomic E-state index is 8.84. The number of ether oxygens (including phenoxy) is 1. The van der Waals surface area contributed by atoms with E-state index in [4.69, 9.17) is 10.00 Å². The molecule has 0 atom stereocenters. The average Bonchev–Trinajstić information content (AvgIpc) is 2.25. The third kappa shape index (κ3) is 3.65. The normalized spacial score (nSPS) is 8.60. The molecule has 0 saturated heterocycles. The summed E-state index contributed by atoms with van der Waals surface area (Å²) in [7, 11) is 0. The molecule has 1 aromatic carbocycles. The van der Waals surface area contributed by atoms with Crippen LogP contribution in [-0.4, -0.2) is 6.61 Å². The lowest BCUT2D eigenvalue weighted by Gasteiger charge is -2.05. The molecular weight excluding hydrogens is 254 g/mol. The van der Waals surface area contributed by atoms with E-state index in [1.54, 1.807) is 19.1 Å². The van der Waals surface area contributed by atoms with Gasteiger partial charge in [-0.2, -0.15) is 5.26 Å². The number of benzene rings is 1. The molecule has 1 aromatic rings. The second kappa shape index (κ2) is 6.11. The maximum atomic E-state index is 8.84. The molecule has 1 rings (SSSR count). The Hall–Kier alpha value is -1.45. The van der Waals surface area contributed by atoms with E-state index < -0.39 is 0 Å². The van der Waals surface area contributed by atoms with Crippen LogP contribution in [0.1, 0.15) is 18.9 Å². The number of rotatable bonds is 3. The molecule has 0 aromatic heterocycles. The van der Waals surface area contributed by atoms with Gasteiger partial charge >= 0.3 is 0 Å². The van der Waals surface area contributed by atoms with Crippen molar-refractivity contribution >= 4 is 15.9 Å². The van der Waals surface area contributed by atoms with E-state index in [1.165, 1.54) is 0 Å². The van der Waals surface area contributed by atoms with Gasteiger partial charge in [-0.3, -0.25) is 0 Å².